The Morgan fingerprint density at radius 2 is 1.71 bits per heavy atom. The van der Waals surface area contributed by atoms with E-state index < -0.39 is 9.84 Å². The van der Waals surface area contributed by atoms with Crippen molar-refractivity contribution < 1.29 is 8.42 Å². The first-order chi connectivity index (χ1) is 7.93. The predicted octanol–water partition coefficient (Wildman–Crippen LogP) is 2.56. The van der Waals surface area contributed by atoms with Crippen molar-refractivity contribution in [2.45, 2.75) is 26.0 Å². The molecule has 1 aromatic carbocycles. The molecule has 0 amide bonds. The van der Waals surface area contributed by atoms with Crippen LogP contribution >= 0.6 is 0 Å². The van der Waals surface area contributed by atoms with Gasteiger partial charge in [-0.15, -0.1) is 0 Å². The Morgan fingerprint density at radius 1 is 1.12 bits per heavy atom. The fourth-order valence-electron chi connectivity index (χ4n) is 1.49. The summed E-state index contributed by atoms with van der Waals surface area (Å²) in [7, 11) is -2.99. The second-order valence-electron chi connectivity index (χ2n) is 4.61. The second kappa shape index (κ2) is 6.05. The van der Waals surface area contributed by atoms with Gasteiger partial charge in [-0.25, -0.2) is 8.42 Å². The van der Waals surface area contributed by atoms with Crippen LogP contribution in [0.4, 0.5) is 5.69 Å². The molecule has 17 heavy (non-hydrogen) atoms. The van der Waals surface area contributed by atoms with E-state index >= 15 is 0 Å². The molecule has 1 atom stereocenters. The minimum absolute atomic E-state index is 0.164. The highest BCUT2D eigenvalue weighted by molar-refractivity contribution is 7.92. The van der Waals surface area contributed by atoms with Gasteiger partial charge in [0.1, 0.15) is 0 Å². The van der Waals surface area contributed by atoms with Crippen molar-refractivity contribution in [3.8, 4) is 0 Å². The van der Waals surface area contributed by atoms with Crippen molar-refractivity contribution >= 4 is 15.5 Å². The van der Waals surface area contributed by atoms with E-state index in [9.17, 15) is 8.42 Å². The van der Waals surface area contributed by atoms with Gasteiger partial charge in [-0.05, 0) is 25.0 Å². The van der Waals surface area contributed by atoms with Crippen molar-refractivity contribution in [3.05, 3.63) is 30.3 Å². The van der Waals surface area contributed by atoms with Gasteiger partial charge in [-0.3, -0.25) is 0 Å². The summed E-state index contributed by atoms with van der Waals surface area (Å²) >= 11 is 0. The Bertz CT molecular complexity index is 426. The van der Waals surface area contributed by atoms with Crippen LogP contribution in [0.15, 0.2) is 30.3 Å². The highest BCUT2D eigenvalue weighted by Gasteiger charge is 2.23. The summed E-state index contributed by atoms with van der Waals surface area (Å²) < 4.78 is 23.8. The summed E-state index contributed by atoms with van der Waals surface area (Å²) in [4.78, 5) is 0. The maximum absolute atomic E-state index is 11.9. The van der Waals surface area contributed by atoms with E-state index in [-0.39, 0.29) is 16.9 Å². The van der Waals surface area contributed by atoms with Gasteiger partial charge in [-0.2, -0.15) is 0 Å². The Kier molecular flexibility index (Phi) is 5.00. The lowest BCUT2D eigenvalue weighted by molar-refractivity contribution is 0.546. The lowest BCUT2D eigenvalue weighted by Crippen LogP contribution is -2.28. The third kappa shape index (κ3) is 4.38. The van der Waals surface area contributed by atoms with E-state index in [0.29, 0.717) is 6.54 Å². The van der Waals surface area contributed by atoms with E-state index in [2.05, 4.69) is 5.32 Å². The summed E-state index contributed by atoms with van der Waals surface area (Å²) in [5, 5.41) is 2.84. The first-order valence-corrected chi connectivity index (χ1v) is 7.65. The van der Waals surface area contributed by atoms with Crippen LogP contribution in [0, 0.1) is 5.92 Å². The fourth-order valence-corrected chi connectivity index (χ4v) is 3.08. The molecule has 1 N–H and O–H groups in total. The summed E-state index contributed by atoms with van der Waals surface area (Å²) in [6, 6.07) is 9.64. The molecule has 0 aliphatic carbocycles. The quantitative estimate of drug-likeness (QED) is 0.849. The summed E-state index contributed by atoms with van der Waals surface area (Å²) in [5.74, 6) is 0.345. The fraction of sp³-hybridized carbons (Fsp3) is 0.538. The molecule has 0 heterocycles. The van der Waals surface area contributed by atoms with Crippen molar-refractivity contribution in [2.24, 2.45) is 5.92 Å². The number of rotatable bonds is 6. The summed E-state index contributed by atoms with van der Waals surface area (Å²) in [6.45, 7) is 6.12. The van der Waals surface area contributed by atoms with E-state index in [1.807, 2.05) is 44.2 Å². The molecule has 4 heteroatoms. The van der Waals surface area contributed by atoms with Crippen LogP contribution in [0.1, 0.15) is 20.8 Å². The zero-order valence-corrected chi connectivity index (χ0v) is 11.5. The average Bonchev–Trinajstić information content (AvgIpc) is 2.29. The maximum Gasteiger partial charge on any atom is 0.154 e. The molecule has 0 spiro atoms. The molecular weight excluding hydrogens is 234 g/mol. The van der Waals surface area contributed by atoms with Gasteiger partial charge in [-0.1, -0.05) is 32.0 Å². The third-order valence-corrected chi connectivity index (χ3v) is 5.45. The molecule has 1 aromatic rings. The first-order valence-electron chi connectivity index (χ1n) is 5.94. The minimum Gasteiger partial charge on any atom is -0.384 e. The van der Waals surface area contributed by atoms with Gasteiger partial charge in [0.2, 0.25) is 0 Å². The first kappa shape index (κ1) is 14.0. The molecular formula is C13H21NO2S. The highest BCUT2D eigenvalue weighted by atomic mass is 32.2. The second-order valence-corrected chi connectivity index (χ2v) is 7.09. The number of benzene rings is 1. The van der Waals surface area contributed by atoms with Gasteiger partial charge >= 0.3 is 0 Å². The SMILES string of the molecule is CC(C)C(C)S(=O)(=O)CCNc1ccccc1. The Labute approximate surface area is 104 Å². The predicted molar refractivity (Wildman–Crippen MR) is 73.0 cm³/mol. The van der Waals surface area contributed by atoms with Crippen LogP contribution in [0.2, 0.25) is 0 Å². The van der Waals surface area contributed by atoms with Crippen LogP contribution in [0.3, 0.4) is 0 Å². The molecule has 0 aromatic heterocycles. The summed E-state index contributed by atoms with van der Waals surface area (Å²) in [5.41, 5.74) is 0.958. The Hall–Kier alpha value is -1.03. The normalized spacial score (nSPS) is 13.6. The van der Waals surface area contributed by atoms with E-state index in [1.54, 1.807) is 6.92 Å². The van der Waals surface area contributed by atoms with Gasteiger partial charge in [0, 0.05) is 12.2 Å². The molecule has 0 bridgehead atoms. The minimum atomic E-state index is -2.99. The zero-order chi connectivity index (χ0) is 12.9. The number of nitrogens with one attached hydrogen (secondary N) is 1. The van der Waals surface area contributed by atoms with Crippen LogP contribution in [0.25, 0.3) is 0 Å². The van der Waals surface area contributed by atoms with Crippen LogP contribution in [-0.2, 0) is 9.84 Å². The average molecular weight is 255 g/mol. The molecule has 0 fully saturated rings. The smallest absolute Gasteiger partial charge is 0.154 e. The maximum atomic E-state index is 11.9. The van der Waals surface area contributed by atoms with E-state index in [4.69, 9.17) is 0 Å². The van der Waals surface area contributed by atoms with Crippen molar-refractivity contribution in [1.82, 2.24) is 0 Å². The molecule has 0 radical (unpaired) electrons. The molecule has 0 aliphatic rings. The monoisotopic (exact) mass is 255 g/mol. The zero-order valence-electron chi connectivity index (χ0n) is 10.7. The van der Waals surface area contributed by atoms with Crippen LogP contribution < -0.4 is 5.32 Å². The van der Waals surface area contributed by atoms with Gasteiger partial charge in [0.25, 0.3) is 0 Å². The lowest BCUT2D eigenvalue weighted by atomic mass is 10.2. The highest BCUT2D eigenvalue weighted by Crippen LogP contribution is 2.12. The molecule has 0 saturated heterocycles. The van der Waals surface area contributed by atoms with Crippen molar-refractivity contribution in [3.63, 3.8) is 0 Å². The Balaban J connectivity index is 2.46. The topological polar surface area (TPSA) is 46.2 Å². The summed E-state index contributed by atoms with van der Waals surface area (Å²) in [6.07, 6.45) is 0. The third-order valence-electron chi connectivity index (χ3n) is 2.99. The number of hydrogen-bond donors (Lipinski definition) is 1. The van der Waals surface area contributed by atoms with Gasteiger partial charge in [0.15, 0.2) is 9.84 Å². The number of sulfone groups is 1. The molecule has 3 nitrogen and oxygen atoms in total. The van der Waals surface area contributed by atoms with Crippen molar-refractivity contribution in [2.75, 3.05) is 17.6 Å². The molecule has 1 rings (SSSR count). The molecule has 0 saturated carbocycles. The van der Waals surface area contributed by atoms with Gasteiger partial charge in [0.05, 0.1) is 11.0 Å². The molecule has 0 aliphatic heterocycles. The van der Waals surface area contributed by atoms with Crippen LogP contribution in [-0.4, -0.2) is 26.0 Å². The number of hydrogen-bond acceptors (Lipinski definition) is 3. The van der Waals surface area contributed by atoms with E-state index in [1.165, 1.54) is 0 Å². The lowest BCUT2D eigenvalue weighted by Gasteiger charge is -2.16. The van der Waals surface area contributed by atoms with Crippen molar-refractivity contribution in [1.29, 1.82) is 0 Å². The van der Waals surface area contributed by atoms with E-state index in [0.717, 1.165) is 5.69 Å². The largest absolute Gasteiger partial charge is 0.384 e. The number of para-hydroxylation sites is 1. The standard InChI is InChI=1S/C13H21NO2S/c1-11(2)12(3)17(15,16)10-9-14-13-7-5-4-6-8-13/h4-8,11-12,14H,9-10H2,1-3H3. The number of anilines is 1. The molecule has 1 unspecified atom stereocenters. The van der Waals surface area contributed by atoms with Crippen LogP contribution in [0.5, 0.6) is 0 Å². The van der Waals surface area contributed by atoms with Gasteiger partial charge < -0.3 is 5.32 Å². The Morgan fingerprint density at radius 3 is 2.24 bits per heavy atom. The molecule has 96 valence electrons.